The molecule has 18 heavy (non-hydrogen) atoms. The molecule has 102 valence electrons. The Hall–Kier alpha value is -0.870. The second kappa shape index (κ2) is 7.54. The van der Waals surface area contributed by atoms with E-state index >= 15 is 0 Å². The van der Waals surface area contributed by atoms with Crippen LogP contribution in [0.25, 0.3) is 0 Å². The summed E-state index contributed by atoms with van der Waals surface area (Å²) in [5.74, 6) is 1.10. The Morgan fingerprint density at radius 1 is 1.39 bits per heavy atom. The molecule has 0 aliphatic rings. The third kappa shape index (κ3) is 4.10. The largest absolute Gasteiger partial charge is 0.383 e. The lowest BCUT2D eigenvalue weighted by Gasteiger charge is -2.21. The van der Waals surface area contributed by atoms with Crippen LogP contribution in [0.4, 0.5) is 5.82 Å². The van der Waals surface area contributed by atoms with Crippen LogP contribution in [0.15, 0.2) is 6.33 Å². The van der Waals surface area contributed by atoms with Crippen molar-refractivity contribution in [1.29, 1.82) is 0 Å². The van der Waals surface area contributed by atoms with Crippen molar-refractivity contribution in [1.82, 2.24) is 9.97 Å². The Morgan fingerprint density at radius 3 is 2.67 bits per heavy atom. The quantitative estimate of drug-likeness (QED) is 0.772. The van der Waals surface area contributed by atoms with Gasteiger partial charge in [0.25, 0.3) is 0 Å². The Morgan fingerprint density at radius 2 is 2.11 bits per heavy atom. The summed E-state index contributed by atoms with van der Waals surface area (Å²) in [5.41, 5.74) is 0.969. The smallest absolute Gasteiger partial charge is 0.138 e. The van der Waals surface area contributed by atoms with Crippen LogP contribution in [-0.2, 0) is 4.74 Å². The van der Waals surface area contributed by atoms with E-state index < -0.39 is 0 Å². The van der Waals surface area contributed by atoms with Gasteiger partial charge in [-0.2, -0.15) is 0 Å². The van der Waals surface area contributed by atoms with Gasteiger partial charge in [0.05, 0.1) is 12.6 Å². The van der Waals surface area contributed by atoms with Crippen LogP contribution in [0.2, 0.25) is 5.15 Å². The number of anilines is 1. The van der Waals surface area contributed by atoms with Crippen LogP contribution in [0, 0.1) is 0 Å². The Balaban J connectivity index is 2.91. The molecule has 1 N–H and O–H groups in total. The number of ether oxygens (including phenoxy) is 1. The van der Waals surface area contributed by atoms with Gasteiger partial charge in [-0.05, 0) is 12.3 Å². The molecule has 0 fully saturated rings. The number of rotatable bonds is 7. The van der Waals surface area contributed by atoms with E-state index in [4.69, 9.17) is 16.3 Å². The second-order valence-corrected chi connectivity index (χ2v) is 5.02. The van der Waals surface area contributed by atoms with Crippen LogP contribution < -0.4 is 5.32 Å². The normalized spacial score (nSPS) is 12.8. The second-order valence-electron chi connectivity index (χ2n) is 4.67. The zero-order valence-electron chi connectivity index (χ0n) is 11.5. The molecule has 1 heterocycles. The van der Waals surface area contributed by atoms with Crippen molar-refractivity contribution in [2.24, 2.45) is 0 Å². The summed E-state index contributed by atoms with van der Waals surface area (Å²) < 4.78 is 5.22. The predicted molar refractivity (Wildman–Crippen MR) is 75.3 cm³/mol. The maximum absolute atomic E-state index is 6.14. The van der Waals surface area contributed by atoms with E-state index in [-0.39, 0.29) is 12.0 Å². The lowest BCUT2D eigenvalue weighted by Crippen LogP contribution is -2.26. The van der Waals surface area contributed by atoms with Gasteiger partial charge >= 0.3 is 0 Å². The molecule has 0 saturated carbocycles. The van der Waals surface area contributed by atoms with Crippen molar-refractivity contribution in [3.63, 3.8) is 0 Å². The van der Waals surface area contributed by atoms with E-state index in [1.54, 1.807) is 7.11 Å². The number of aromatic nitrogens is 2. The number of methoxy groups -OCH3 is 1. The predicted octanol–water partition coefficient (Wildman–Crippen LogP) is 3.48. The fraction of sp³-hybridized carbons (Fsp3) is 0.692. The lowest BCUT2D eigenvalue weighted by atomic mass is 10.1. The molecule has 0 amide bonds. The first-order valence-electron chi connectivity index (χ1n) is 6.36. The van der Waals surface area contributed by atoms with Crippen molar-refractivity contribution >= 4 is 17.4 Å². The van der Waals surface area contributed by atoms with Crippen LogP contribution in [-0.4, -0.2) is 29.7 Å². The van der Waals surface area contributed by atoms with Gasteiger partial charge in [0, 0.05) is 12.7 Å². The molecule has 0 saturated heterocycles. The van der Waals surface area contributed by atoms with Gasteiger partial charge in [0.2, 0.25) is 0 Å². The molecule has 1 rings (SSSR count). The molecular weight excluding hydrogens is 250 g/mol. The van der Waals surface area contributed by atoms with E-state index in [9.17, 15) is 0 Å². The Bertz CT molecular complexity index is 365. The highest BCUT2D eigenvalue weighted by molar-refractivity contribution is 6.30. The maximum Gasteiger partial charge on any atom is 0.138 e. The van der Waals surface area contributed by atoms with Gasteiger partial charge in [-0.1, -0.05) is 38.8 Å². The molecule has 0 spiro atoms. The molecule has 0 aliphatic heterocycles. The van der Waals surface area contributed by atoms with E-state index in [2.05, 4.69) is 36.1 Å². The van der Waals surface area contributed by atoms with Crippen molar-refractivity contribution in [2.45, 2.75) is 45.6 Å². The highest BCUT2D eigenvalue weighted by atomic mass is 35.5. The topological polar surface area (TPSA) is 47.0 Å². The molecule has 0 radical (unpaired) electrons. The zero-order chi connectivity index (χ0) is 13.5. The molecule has 0 aliphatic carbocycles. The van der Waals surface area contributed by atoms with Gasteiger partial charge in [0.1, 0.15) is 17.3 Å². The number of nitrogens with one attached hydrogen (secondary N) is 1. The summed E-state index contributed by atoms with van der Waals surface area (Å²) in [7, 11) is 1.71. The Labute approximate surface area is 114 Å². The molecule has 0 aromatic carbocycles. The van der Waals surface area contributed by atoms with Crippen molar-refractivity contribution < 1.29 is 4.74 Å². The molecule has 5 heteroatoms. The third-order valence-electron chi connectivity index (χ3n) is 2.76. The zero-order valence-corrected chi connectivity index (χ0v) is 12.3. The standard InChI is InChI=1S/C13H22ClN3O/c1-5-6-10(7-18-4)17-13-11(9(2)3)12(14)15-8-16-13/h8-10H,5-7H2,1-4H3,(H,15,16,17). The van der Waals surface area contributed by atoms with Crippen LogP contribution in [0.5, 0.6) is 0 Å². The van der Waals surface area contributed by atoms with Gasteiger partial charge in [-0.15, -0.1) is 0 Å². The van der Waals surface area contributed by atoms with Crippen molar-refractivity contribution in [3.05, 3.63) is 17.0 Å². The van der Waals surface area contributed by atoms with E-state index in [1.807, 2.05) is 0 Å². The van der Waals surface area contributed by atoms with Gasteiger partial charge < -0.3 is 10.1 Å². The number of halogens is 1. The van der Waals surface area contributed by atoms with E-state index in [0.29, 0.717) is 11.8 Å². The molecule has 1 aromatic rings. The molecular formula is C13H22ClN3O. The highest BCUT2D eigenvalue weighted by Gasteiger charge is 2.16. The third-order valence-corrected chi connectivity index (χ3v) is 3.06. The first-order valence-corrected chi connectivity index (χ1v) is 6.73. The number of hydrogen-bond donors (Lipinski definition) is 1. The van der Waals surface area contributed by atoms with E-state index in [0.717, 1.165) is 24.2 Å². The minimum Gasteiger partial charge on any atom is -0.383 e. The van der Waals surface area contributed by atoms with Gasteiger partial charge in [-0.3, -0.25) is 0 Å². The van der Waals surface area contributed by atoms with Crippen LogP contribution in [0.3, 0.4) is 0 Å². The highest BCUT2D eigenvalue weighted by Crippen LogP contribution is 2.28. The minimum absolute atomic E-state index is 0.253. The minimum atomic E-state index is 0.253. The Kier molecular flexibility index (Phi) is 6.36. The number of nitrogens with zero attached hydrogens (tertiary/aromatic N) is 2. The average Bonchev–Trinajstić information content (AvgIpc) is 2.29. The molecule has 1 aromatic heterocycles. The van der Waals surface area contributed by atoms with E-state index in [1.165, 1.54) is 6.33 Å². The average molecular weight is 272 g/mol. The van der Waals surface area contributed by atoms with Gasteiger partial charge in [0.15, 0.2) is 0 Å². The monoisotopic (exact) mass is 271 g/mol. The summed E-state index contributed by atoms with van der Waals surface area (Å²) in [6, 6.07) is 0.253. The summed E-state index contributed by atoms with van der Waals surface area (Å²) >= 11 is 6.14. The van der Waals surface area contributed by atoms with Gasteiger partial charge in [-0.25, -0.2) is 9.97 Å². The fourth-order valence-corrected chi connectivity index (χ4v) is 2.29. The summed E-state index contributed by atoms with van der Waals surface area (Å²) in [6.45, 7) is 6.98. The fourth-order valence-electron chi connectivity index (χ4n) is 1.94. The summed E-state index contributed by atoms with van der Waals surface area (Å²) in [6.07, 6.45) is 3.62. The van der Waals surface area contributed by atoms with Crippen molar-refractivity contribution in [2.75, 3.05) is 19.0 Å². The molecule has 4 nitrogen and oxygen atoms in total. The van der Waals surface area contributed by atoms with Crippen LogP contribution >= 0.6 is 11.6 Å². The first-order chi connectivity index (χ1) is 8.60. The SMILES string of the molecule is CCCC(COC)Nc1ncnc(Cl)c1C(C)C. The molecule has 1 unspecified atom stereocenters. The first kappa shape index (κ1) is 15.2. The lowest BCUT2D eigenvalue weighted by molar-refractivity contribution is 0.182. The summed E-state index contributed by atoms with van der Waals surface area (Å²) in [5, 5.41) is 3.93. The number of hydrogen-bond acceptors (Lipinski definition) is 4. The van der Waals surface area contributed by atoms with Crippen molar-refractivity contribution in [3.8, 4) is 0 Å². The van der Waals surface area contributed by atoms with Crippen LogP contribution in [0.1, 0.15) is 45.1 Å². The maximum atomic E-state index is 6.14. The molecule has 1 atom stereocenters. The summed E-state index contributed by atoms with van der Waals surface area (Å²) in [4.78, 5) is 8.35. The molecule has 0 bridgehead atoms.